The molecule has 0 aromatic carbocycles. The van der Waals surface area contributed by atoms with E-state index in [0.29, 0.717) is 0 Å². The molecule has 0 aromatic rings. The van der Waals surface area contributed by atoms with Gasteiger partial charge in [-0.1, -0.05) is 40.2 Å². The van der Waals surface area contributed by atoms with Gasteiger partial charge in [-0.25, -0.2) is 0 Å². The van der Waals surface area contributed by atoms with Crippen LogP contribution in [0.1, 0.15) is 58.8 Å². The van der Waals surface area contributed by atoms with Gasteiger partial charge >= 0.3 is 0 Å². The molecule has 0 radical (unpaired) electrons. The lowest BCUT2D eigenvalue weighted by Crippen LogP contribution is -1.85. The van der Waals surface area contributed by atoms with Crippen LogP contribution < -0.4 is 0 Å². The fraction of sp³-hybridized carbons (Fsp3) is 0.846. The maximum Gasteiger partial charge on any atom is -0.0253 e. The first-order valence-corrected chi connectivity index (χ1v) is 8.19. The number of rotatable bonds is 6. The predicted molar refractivity (Wildman–Crippen MR) is 68.4 cm³/mol. The van der Waals surface area contributed by atoms with Gasteiger partial charge in [0.1, 0.15) is 0 Å². The van der Waals surface area contributed by atoms with Gasteiger partial charge in [0, 0.05) is 0 Å². The molecule has 1 heteroatoms. The van der Waals surface area contributed by atoms with Gasteiger partial charge in [-0.15, -0.1) is 0 Å². The van der Waals surface area contributed by atoms with E-state index < -0.39 is 0 Å². The fourth-order valence-corrected chi connectivity index (χ4v) is 4.40. The quantitative estimate of drug-likeness (QED) is 0.535. The van der Waals surface area contributed by atoms with Crippen LogP contribution in [0, 0.1) is 0 Å². The minimum Gasteiger partial charge on any atom is -0.0827 e. The van der Waals surface area contributed by atoms with E-state index in [1.165, 1.54) is 51.1 Å². The Morgan fingerprint density at radius 1 is 1.07 bits per heavy atom. The van der Waals surface area contributed by atoms with Crippen molar-refractivity contribution in [3.05, 3.63) is 10.9 Å². The van der Waals surface area contributed by atoms with E-state index in [0.717, 1.165) is 0 Å². The summed E-state index contributed by atoms with van der Waals surface area (Å²) in [5.74, 6) is 0. The van der Waals surface area contributed by atoms with E-state index in [1.807, 2.05) is 10.9 Å². The smallest absolute Gasteiger partial charge is 0.0253 e. The fourth-order valence-electron chi connectivity index (χ4n) is 2.22. The van der Waals surface area contributed by atoms with Crippen LogP contribution in [0.4, 0.5) is 0 Å². The zero-order valence-electron chi connectivity index (χ0n) is 10.1. The third-order valence-electron chi connectivity index (χ3n) is 3.22. The molecular weight excluding hydrogens is 187 g/mol. The second kappa shape index (κ2) is 6.62. The van der Waals surface area contributed by atoms with Crippen molar-refractivity contribution in [3.8, 4) is 0 Å². The van der Waals surface area contributed by atoms with Crippen LogP contribution in [0.3, 0.4) is 0 Å². The Kier molecular flexibility index (Phi) is 5.78. The Bertz CT molecular complexity index is 193. The van der Waals surface area contributed by atoms with Crippen molar-refractivity contribution in [2.75, 3.05) is 12.8 Å². The highest BCUT2D eigenvalue weighted by Gasteiger charge is 2.19. The molecule has 0 N–H and O–H groups in total. The molecular formula is C13H25P. The average Bonchev–Trinajstić information content (AvgIpc) is 2.53. The van der Waals surface area contributed by atoms with Crippen molar-refractivity contribution < 1.29 is 0 Å². The summed E-state index contributed by atoms with van der Waals surface area (Å²) < 4.78 is 0. The SMILES string of the molecule is CCCCC1=C(CCCC)P(C)CC1. The number of hydrogen-bond donors (Lipinski definition) is 0. The average molecular weight is 212 g/mol. The maximum absolute atomic E-state index is 2.49. The van der Waals surface area contributed by atoms with Crippen LogP contribution in [-0.2, 0) is 0 Å². The summed E-state index contributed by atoms with van der Waals surface area (Å²) in [5, 5.41) is 1.90. The predicted octanol–water partition coefficient (Wildman–Crippen LogP) is 5.14. The molecule has 0 aliphatic carbocycles. The second-order valence-corrected chi connectivity index (χ2v) is 6.81. The monoisotopic (exact) mass is 212 g/mol. The van der Waals surface area contributed by atoms with Gasteiger partial charge in [0.2, 0.25) is 0 Å². The minimum atomic E-state index is 0.284. The molecule has 0 fully saturated rings. The van der Waals surface area contributed by atoms with Crippen LogP contribution in [0.15, 0.2) is 10.9 Å². The first-order valence-electron chi connectivity index (χ1n) is 6.21. The summed E-state index contributed by atoms with van der Waals surface area (Å²) in [7, 11) is 0.284. The van der Waals surface area contributed by atoms with E-state index in [2.05, 4.69) is 20.5 Å². The lowest BCUT2D eigenvalue weighted by atomic mass is 10.0. The number of hydrogen-bond acceptors (Lipinski definition) is 0. The Hall–Kier alpha value is 0.170. The normalized spacial score (nSPS) is 22.1. The van der Waals surface area contributed by atoms with Crippen molar-refractivity contribution >= 4 is 7.92 Å². The van der Waals surface area contributed by atoms with Gasteiger partial charge in [-0.3, -0.25) is 0 Å². The third kappa shape index (κ3) is 3.39. The van der Waals surface area contributed by atoms with E-state index in [1.54, 1.807) is 0 Å². The van der Waals surface area contributed by atoms with Crippen molar-refractivity contribution in [1.82, 2.24) is 0 Å². The maximum atomic E-state index is 2.49. The van der Waals surface area contributed by atoms with E-state index in [-0.39, 0.29) is 7.92 Å². The Morgan fingerprint density at radius 3 is 2.36 bits per heavy atom. The zero-order chi connectivity index (χ0) is 10.4. The van der Waals surface area contributed by atoms with Crippen molar-refractivity contribution in [2.45, 2.75) is 58.8 Å². The highest BCUT2D eigenvalue weighted by Crippen LogP contribution is 2.53. The van der Waals surface area contributed by atoms with Gasteiger partial charge in [0.25, 0.3) is 0 Å². The molecule has 1 rings (SSSR count). The van der Waals surface area contributed by atoms with Crippen molar-refractivity contribution in [3.63, 3.8) is 0 Å². The second-order valence-electron chi connectivity index (χ2n) is 4.43. The lowest BCUT2D eigenvalue weighted by molar-refractivity contribution is 0.752. The molecule has 82 valence electrons. The lowest BCUT2D eigenvalue weighted by Gasteiger charge is -2.11. The van der Waals surface area contributed by atoms with Gasteiger partial charge < -0.3 is 0 Å². The highest BCUT2D eigenvalue weighted by atomic mass is 31.1. The first-order chi connectivity index (χ1) is 6.79. The molecule has 1 atom stereocenters. The molecule has 1 heterocycles. The molecule has 1 aliphatic rings. The van der Waals surface area contributed by atoms with Crippen LogP contribution in [-0.4, -0.2) is 12.8 Å². The molecule has 0 nitrogen and oxygen atoms in total. The van der Waals surface area contributed by atoms with Gasteiger partial charge in [0.15, 0.2) is 0 Å². The summed E-state index contributed by atoms with van der Waals surface area (Å²) in [6, 6.07) is 0. The molecule has 0 bridgehead atoms. The highest BCUT2D eigenvalue weighted by molar-refractivity contribution is 7.61. The summed E-state index contributed by atoms with van der Waals surface area (Å²) in [6.07, 6.45) is 11.3. The van der Waals surface area contributed by atoms with Gasteiger partial charge in [-0.05, 0) is 50.2 Å². The summed E-state index contributed by atoms with van der Waals surface area (Å²) in [6.45, 7) is 7.09. The molecule has 0 spiro atoms. The molecule has 0 amide bonds. The van der Waals surface area contributed by atoms with Crippen LogP contribution in [0.25, 0.3) is 0 Å². The molecule has 14 heavy (non-hydrogen) atoms. The van der Waals surface area contributed by atoms with E-state index >= 15 is 0 Å². The topological polar surface area (TPSA) is 0 Å². The Morgan fingerprint density at radius 2 is 1.71 bits per heavy atom. The summed E-state index contributed by atoms with van der Waals surface area (Å²) in [5.41, 5.74) is 1.86. The van der Waals surface area contributed by atoms with Crippen molar-refractivity contribution in [2.24, 2.45) is 0 Å². The van der Waals surface area contributed by atoms with E-state index in [9.17, 15) is 0 Å². The molecule has 1 aliphatic heterocycles. The first kappa shape index (κ1) is 12.2. The van der Waals surface area contributed by atoms with Crippen LogP contribution >= 0.6 is 7.92 Å². The third-order valence-corrected chi connectivity index (χ3v) is 5.57. The number of allylic oxidation sites excluding steroid dienone is 2. The van der Waals surface area contributed by atoms with Crippen LogP contribution in [0.2, 0.25) is 0 Å². The largest absolute Gasteiger partial charge is 0.0827 e. The minimum absolute atomic E-state index is 0.284. The van der Waals surface area contributed by atoms with Crippen molar-refractivity contribution in [1.29, 1.82) is 0 Å². The van der Waals surface area contributed by atoms with E-state index in [4.69, 9.17) is 0 Å². The molecule has 0 saturated carbocycles. The zero-order valence-corrected chi connectivity index (χ0v) is 11.0. The molecule has 1 unspecified atom stereocenters. The van der Waals surface area contributed by atoms with Gasteiger partial charge in [-0.2, -0.15) is 0 Å². The standard InChI is InChI=1S/C13H25P/c1-4-6-8-12-10-11-14(3)13(12)9-7-5-2/h4-11H2,1-3H3. The molecule has 0 aromatic heterocycles. The Labute approximate surface area is 90.9 Å². The summed E-state index contributed by atoms with van der Waals surface area (Å²) in [4.78, 5) is 0. The molecule has 0 saturated heterocycles. The van der Waals surface area contributed by atoms with Crippen LogP contribution in [0.5, 0.6) is 0 Å². The van der Waals surface area contributed by atoms with Gasteiger partial charge in [0.05, 0.1) is 0 Å². The number of unbranched alkanes of at least 4 members (excludes halogenated alkanes) is 2. The summed E-state index contributed by atoms with van der Waals surface area (Å²) >= 11 is 0. The Balaban J connectivity index is 2.50.